The molecule has 7 nitrogen and oxygen atoms in total. The Bertz CT molecular complexity index is 1400. The summed E-state index contributed by atoms with van der Waals surface area (Å²) in [7, 11) is 0. The van der Waals surface area contributed by atoms with E-state index in [4.69, 9.17) is 23.7 Å². The molecule has 1 aliphatic rings. The highest BCUT2D eigenvalue weighted by atomic mass is 16.6. The summed E-state index contributed by atoms with van der Waals surface area (Å²) in [4.78, 5) is 26.7. The van der Waals surface area contributed by atoms with Crippen LogP contribution >= 0.6 is 0 Å². The summed E-state index contributed by atoms with van der Waals surface area (Å²) in [5.74, 6) is -1.10. The van der Waals surface area contributed by atoms with Crippen molar-refractivity contribution in [3.63, 3.8) is 0 Å². The number of hydrogen-bond donors (Lipinski definition) is 0. The van der Waals surface area contributed by atoms with Crippen LogP contribution in [0.15, 0.2) is 121 Å². The number of carbonyl (C=O) groups excluding carboxylic acids is 2. The van der Waals surface area contributed by atoms with E-state index in [9.17, 15) is 9.59 Å². The van der Waals surface area contributed by atoms with Crippen molar-refractivity contribution in [2.45, 2.75) is 57.3 Å². The van der Waals surface area contributed by atoms with Crippen LogP contribution in [0.4, 0.5) is 0 Å². The molecular formula is C35H34O7. The predicted octanol–water partition coefficient (Wildman–Crippen LogP) is 5.91. The third kappa shape index (κ3) is 7.70. The zero-order chi connectivity index (χ0) is 29.1. The summed E-state index contributed by atoms with van der Waals surface area (Å²) in [5, 5.41) is 0. The molecule has 5 unspecified atom stereocenters. The summed E-state index contributed by atoms with van der Waals surface area (Å²) in [6, 6.07) is 37.4. The number of benzene rings is 4. The Morgan fingerprint density at radius 2 is 1.05 bits per heavy atom. The van der Waals surface area contributed by atoms with Gasteiger partial charge in [0.05, 0.1) is 24.9 Å². The standard InChI is InChI=1S/C35H34O7/c1-25-30(42-34(36)29-20-12-5-13-21-29)31(38-22-26-14-6-2-7-15-26)32(39-23-27-16-8-3-9-17-27)33(41-25)35(37)40-24-28-18-10-4-11-19-28/h2-21,25,30-33H,22-24H2,1H3. The van der Waals surface area contributed by atoms with Crippen LogP contribution < -0.4 is 0 Å². The molecule has 0 aliphatic carbocycles. The maximum Gasteiger partial charge on any atom is 0.338 e. The van der Waals surface area contributed by atoms with Crippen LogP contribution in [0.2, 0.25) is 0 Å². The first-order valence-electron chi connectivity index (χ1n) is 14.0. The quantitative estimate of drug-likeness (QED) is 0.209. The molecule has 42 heavy (non-hydrogen) atoms. The molecule has 4 aromatic rings. The Hall–Kier alpha value is -4.30. The molecular weight excluding hydrogens is 532 g/mol. The van der Waals surface area contributed by atoms with Gasteiger partial charge in [0.25, 0.3) is 0 Å². The summed E-state index contributed by atoms with van der Waals surface area (Å²) in [6.45, 7) is 2.25. The fraction of sp³-hybridized carbons (Fsp3) is 0.257. The first kappa shape index (κ1) is 29.2. The molecule has 0 bridgehead atoms. The van der Waals surface area contributed by atoms with Crippen molar-refractivity contribution in [1.29, 1.82) is 0 Å². The molecule has 7 heteroatoms. The summed E-state index contributed by atoms with van der Waals surface area (Å²) in [5.41, 5.74) is 3.09. The van der Waals surface area contributed by atoms with Gasteiger partial charge in [-0.05, 0) is 35.7 Å². The van der Waals surface area contributed by atoms with Gasteiger partial charge in [-0.3, -0.25) is 0 Å². The normalized spacial score (nSPS) is 21.8. The summed E-state index contributed by atoms with van der Waals surface area (Å²) in [6.07, 6.45) is -4.42. The molecule has 1 heterocycles. The largest absolute Gasteiger partial charge is 0.459 e. The highest BCUT2D eigenvalue weighted by Gasteiger charge is 2.51. The average molecular weight is 567 g/mol. The number of hydrogen-bond acceptors (Lipinski definition) is 7. The van der Waals surface area contributed by atoms with Crippen LogP contribution in [0.3, 0.4) is 0 Å². The third-order valence-electron chi connectivity index (χ3n) is 7.05. The van der Waals surface area contributed by atoms with E-state index in [1.807, 2.05) is 97.1 Å². The van der Waals surface area contributed by atoms with Gasteiger partial charge in [-0.2, -0.15) is 0 Å². The SMILES string of the molecule is CC1OC(C(=O)OCc2ccccc2)C(OCc2ccccc2)C(OCc2ccccc2)C1OC(=O)c1ccccc1. The van der Waals surface area contributed by atoms with E-state index in [1.165, 1.54) is 0 Å². The van der Waals surface area contributed by atoms with Crippen molar-refractivity contribution < 1.29 is 33.3 Å². The highest BCUT2D eigenvalue weighted by molar-refractivity contribution is 5.89. The van der Waals surface area contributed by atoms with E-state index in [1.54, 1.807) is 31.2 Å². The molecule has 1 fully saturated rings. The van der Waals surface area contributed by atoms with Crippen LogP contribution in [0.25, 0.3) is 0 Å². The molecule has 0 radical (unpaired) electrons. The van der Waals surface area contributed by atoms with E-state index in [2.05, 4.69) is 0 Å². The Labute approximate surface area is 246 Å². The third-order valence-corrected chi connectivity index (χ3v) is 7.05. The fourth-order valence-corrected chi connectivity index (χ4v) is 4.85. The highest BCUT2D eigenvalue weighted by Crippen LogP contribution is 2.31. The molecule has 0 N–H and O–H groups in total. The minimum atomic E-state index is -1.11. The fourth-order valence-electron chi connectivity index (χ4n) is 4.85. The van der Waals surface area contributed by atoms with Crippen molar-refractivity contribution in [1.82, 2.24) is 0 Å². The number of carbonyl (C=O) groups is 2. The van der Waals surface area contributed by atoms with Gasteiger partial charge in [-0.1, -0.05) is 109 Å². The predicted molar refractivity (Wildman–Crippen MR) is 156 cm³/mol. The van der Waals surface area contributed by atoms with Gasteiger partial charge in [0.2, 0.25) is 0 Å². The average Bonchev–Trinajstić information content (AvgIpc) is 3.04. The van der Waals surface area contributed by atoms with Gasteiger partial charge in [-0.25, -0.2) is 9.59 Å². The summed E-state index contributed by atoms with van der Waals surface area (Å²) >= 11 is 0. The smallest absolute Gasteiger partial charge is 0.338 e. The first-order valence-corrected chi connectivity index (χ1v) is 14.0. The molecule has 5 rings (SSSR count). The first-order chi connectivity index (χ1) is 20.6. The van der Waals surface area contributed by atoms with Gasteiger partial charge in [0.15, 0.2) is 12.2 Å². The second-order valence-corrected chi connectivity index (χ2v) is 10.1. The van der Waals surface area contributed by atoms with Crippen LogP contribution in [-0.2, 0) is 48.3 Å². The molecule has 4 aromatic carbocycles. The lowest BCUT2D eigenvalue weighted by molar-refractivity contribution is -0.251. The van der Waals surface area contributed by atoms with Gasteiger partial charge in [0, 0.05) is 0 Å². The Kier molecular flexibility index (Phi) is 10.1. The lowest BCUT2D eigenvalue weighted by Gasteiger charge is -2.44. The van der Waals surface area contributed by atoms with E-state index in [0.717, 1.165) is 16.7 Å². The van der Waals surface area contributed by atoms with Gasteiger partial charge >= 0.3 is 11.9 Å². The van der Waals surface area contributed by atoms with E-state index < -0.39 is 42.5 Å². The lowest BCUT2D eigenvalue weighted by atomic mass is 9.94. The number of rotatable bonds is 11. The van der Waals surface area contributed by atoms with Crippen LogP contribution in [0.5, 0.6) is 0 Å². The maximum atomic E-state index is 13.5. The Balaban J connectivity index is 1.42. The van der Waals surface area contributed by atoms with Crippen molar-refractivity contribution in [2.75, 3.05) is 0 Å². The second-order valence-electron chi connectivity index (χ2n) is 10.1. The monoisotopic (exact) mass is 566 g/mol. The van der Waals surface area contributed by atoms with Crippen molar-refractivity contribution in [3.8, 4) is 0 Å². The van der Waals surface area contributed by atoms with Crippen molar-refractivity contribution in [3.05, 3.63) is 144 Å². The van der Waals surface area contributed by atoms with Gasteiger partial charge < -0.3 is 23.7 Å². The number of esters is 2. The van der Waals surface area contributed by atoms with Gasteiger partial charge in [-0.15, -0.1) is 0 Å². The minimum absolute atomic E-state index is 0.0846. The van der Waals surface area contributed by atoms with Crippen molar-refractivity contribution >= 4 is 11.9 Å². The molecule has 1 saturated heterocycles. The van der Waals surface area contributed by atoms with E-state index in [0.29, 0.717) is 5.56 Å². The molecule has 0 aromatic heterocycles. The van der Waals surface area contributed by atoms with Gasteiger partial charge in [0.1, 0.15) is 18.8 Å². The molecule has 1 aliphatic heterocycles. The molecule has 0 amide bonds. The zero-order valence-electron chi connectivity index (χ0n) is 23.4. The Morgan fingerprint density at radius 3 is 1.57 bits per heavy atom. The Morgan fingerprint density at radius 1 is 0.595 bits per heavy atom. The summed E-state index contributed by atoms with van der Waals surface area (Å²) < 4.78 is 30.7. The topological polar surface area (TPSA) is 80.3 Å². The molecule has 0 saturated carbocycles. The van der Waals surface area contributed by atoms with E-state index >= 15 is 0 Å². The second kappa shape index (κ2) is 14.5. The molecule has 5 atom stereocenters. The van der Waals surface area contributed by atoms with Crippen LogP contribution in [-0.4, -0.2) is 42.5 Å². The zero-order valence-corrected chi connectivity index (χ0v) is 23.4. The number of ether oxygens (including phenoxy) is 5. The minimum Gasteiger partial charge on any atom is -0.459 e. The van der Waals surface area contributed by atoms with Crippen LogP contribution in [0.1, 0.15) is 34.0 Å². The molecule has 216 valence electrons. The lowest BCUT2D eigenvalue weighted by Crippen LogP contribution is -2.62. The molecule has 0 spiro atoms. The van der Waals surface area contributed by atoms with Crippen molar-refractivity contribution in [2.24, 2.45) is 0 Å². The maximum absolute atomic E-state index is 13.5. The van der Waals surface area contributed by atoms with Crippen LogP contribution in [0, 0.1) is 0 Å². The van der Waals surface area contributed by atoms with E-state index in [-0.39, 0.29) is 19.8 Å².